The van der Waals surface area contributed by atoms with E-state index in [1.54, 1.807) is 42.9 Å². The van der Waals surface area contributed by atoms with Gasteiger partial charge in [-0.3, -0.25) is 14.5 Å². The zero-order valence-corrected chi connectivity index (χ0v) is 12.7. The lowest BCUT2D eigenvalue weighted by atomic mass is 10.2. The number of carbonyl (C=O) groups excluding carboxylic acids is 1. The van der Waals surface area contributed by atoms with E-state index in [9.17, 15) is 9.18 Å². The molecule has 1 aromatic carbocycles. The van der Waals surface area contributed by atoms with Crippen molar-refractivity contribution in [2.75, 3.05) is 5.32 Å². The summed E-state index contributed by atoms with van der Waals surface area (Å²) in [6, 6.07) is 7.73. The Morgan fingerprint density at radius 1 is 1.26 bits per heavy atom. The molecule has 0 fully saturated rings. The molecule has 0 aliphatic heterocycles. The molecule has 0 spiro atoms. The maximum atomic E-state index is 13.8. The van der Waals surface area contributed by atoms with E-state index < -0.39 is 5.82 Å². The third-order valence-corrected chi connectivity index (χ3v) is 3.57. The molecular formula is C16H12ClFN4O. The van der Waals surface area contributed by atoms with Gasteiger partial charge in [-0.05, 0) is 24.3 Å². The average molecular weight is 331 g/mol. The number of halogens is 2. The van der Waals surface area contributed by atoms with Gasteiger partial charge in [0.25, 0.3) is 5.91 Å². The Hall–Kier alpha value is -2.73. The summed E-state index contributed by atoms with van der Waals surface area (Å²) in [5.74, 6) is -0.661. The van der Waals surface area contributed by atoms with Gasteiger partial charge in [0, 0.05) is 34.7 Å². The number of rotatable bonds is 4. The first-order valence-corrected chi connectivity index (χ1v) is 7.18. The number of hydrogen-bond acceptors (Lipinski definition) is 3. The number of aromatic nitrogens is 3. The molecule has 0 aliphatic rings. The van der Waals surface area contributed by atoms with E-state index in [1.165, 1.54) is 16.9 Å². The smallest absolute Gasteiger partial charge is 0.255 e. The molecular weight excluding hydrogens is 319 g/mol. The predicted octanol–water partition coefficient (Wildman–Crippen LogP) is 3.37. The van der Waals surface area contributed by atoms with Crippen LogP contribution in [-0.4, -0.2) is 20.7 Å². The summed E-state index contributed by atoms with van der Waals surface area (Å²) in [5.41, 5.74) is 1.36. The van der Waals surface area contributed by atoms with Gasteiger partial charge in [0.15, 0.2) is 0 Å². The Balaban J connectivity index is 1.72. The normalized spacial score (nSPS) is 10.5. The van der Waals surface area contributed by atoms with Crippen LogP contribution in [0.15, 0.2) is 55.1 Å². The molecule has 0 radical (unpaired) electrons. The van der Waals surface area contributed by atoms with Crippen LogP contribution in [0.4, 0.5) is 10.1 Å². The Morgan fingerprint density at radius 3 is 2.78 bits per heavy atom. The molecule has 1 amide bonds. The van der Waals surface area contributed by atoms with Gasteiger partial charge in [-0.25, -0.2) is 4.39 Å². The second kappa shape index (κ2) is 6.58. The van der Waals surface area contributed by atoms with E-state index >= 15 is 0 Å². The molecule has 23 heavy (non-hydrogen) atoms. The maximum absolute atomic E-state index is 13.8. The number of amides is 1. The molecule has 7 heteroatoms. The van der Waals surface area contributed by atoms with Crippen molar-refractivity contribution in [1.82, 2.24) is 14.8 Å². The minimum absolute atomic E-state index is 0.177. The Kier molecular flexibility index (Phi) is 4.34. The van der Waals surface area contributed by atoms with Crippen LogP contribution in [0.1, 0.15) is 15.9 Å². The van der Waals surface area contributed by atoms with Crippen LogP contribution < -0.4 is 5.32 Å². The predicted molar refractivity (Wildman–Crippen MR) is 84.9 cm³/mol. The van der Waals surface area contributed by atoms with E-state index in [4.69, 9.17) is 11.6 Å². The average Bonchev–Trinajstić information content (AvgIpc) is 2.99. The fourth-order valence-corrected chi connectivity index (χ4v) is 2.29. The van der Waals surface area contributed by atoms with Crippen LogP contribution >= 0.6 is 11.6 Å². The molecule has 0 saturated carbocycles. The van der Waals surface area contributed by atoms with Gasteiger partial charge in [0.05, 0.1) is 18.4 Å². The summed E-state index contributed by atoms with van der Waals surface area (Å²) in [7, 11) is 0. The van der Waals surface area contributed by atoms with Crippen molar-refractivity contribution in [2.24, 2.45) is 0 Å². The Labute approximate surface area is 136 Å². The summed E-state index contributed by atoms with van der Waals surface area (Å²) in [6.07, 6.45) is 6.19. The Morgan fingerprint density at radius 2 is 2.04 bits per heavy atom. The number of anilines is 1. The SMILES string of the molecule is O=C(Nc1cnn(Cc2c(F)cccc2Cl)c1)c1ccncc1. The number of hydrogen-bond donors (Lipinski definition) is 1. The van der Waals surface area contributed by atoms with Crippen molar-refractivity contribution in [2.45, 2.75) is 6.54 Å². The van der Waals surface area contributed by atoms with Gasteiger partial charge in [-0.1, -0.05) is 17.7 Å². The standard InChI is InChI=1S/C16H12ClFN4O/c17-14-2-1-3-15(18)13(14)10-22-9-12(8-20-22)21-16(23)11-4-6-19-7-5-11/h1-9H,10H2,(H,21,23). The minimum atomic E-state index is -0.393. The lowest BCUT2D eigenvalue weighted by Crippen LogP contribution is -2.11. The summed E-state index contributed by atoms with van der Waals surface area (Å²) in [6.45, 7) is 0.177. The van der Waals surface area contributed by atoms with Crippen molar-refractivity contribution in [1.29, 1.82) is 0 Å². The molecule has 2 heterocycles. The van der Waals surface area contributed by atoms with E-state index in [-0.39, 0.29) is 12.5 Å². The van der Waals surface area contributed by atoms with Gasteiger partial charge in [-0.15, -0.1) is 0 Å². The zero-order valence-electron chi connectivity index (χ0n) is 11.9. The first kappa shape index (κ1) is 15.2. The summed E-state index contributed by atoms with van der Waals surface area (Å²) in [5, 5.41) is 7.16. The first-order chi connectivity index (χ1) is 11.1. The van der Waals surface area contributed by atoms with E-state index in [0.29, 0.717) is 21.8 Å². The van der Waals surface area contributed by atoms with E-state index in [2.05, 4.69) is 15.4 Å². The lowest BCUT2D eigenvalue weighted by Gasteiger charge is -2.06. The monoisotopic (exact) mass is 330 g/mol. The van der Waals surface area contributed by atoms with Gasteiger partial charge < -0.3 is 5.32 Å². The van der Waals surface area contributed by atoms with Gasteiger partial charge in [0.1, 0.15) is 5.82 Å². The van der Waals surface area contributed by atoms with Gasteiger partial charge in [-0.2, -0.15) is 5.10 Å². The molecule has 116 valence electrons. The Bertz CT molecular complexity index is 815. The highest BCUT2D eigenvalue weighted by molar-refractivity contribution is 6.31. The highest BCUT2D eigenvalue weighted by atomic mass is 35.5. The molecule has 0 aliphatic carbocycles. The third kappa shape index (κ3) is 3.54. The second-order valence-corrected chi connectivity index (χ2v) is 5.22. The number of nitrogens with zero attached hydrogens (tertiary/aromatic N) is 3. The number of nitrogens with one attached hydrogen (secondary N) is 1. The largest absolute Gasteiger partial charge is 0.319 e. The topological polar surface area (TPSA) is 59.8 Å². The fraction of sp³-hybridized carbons (Fsp3) is 0.0625. The minimum Gasteiger partial charge on any atom is -0.319 e. The summed E-state index contributed by atoms with van der Waals surface area (Å²) >= 11 is 5.99. The third-order valence-electron chi connectivity index (χ3n) is 3.22. The maximum Gasteiger partial charge on any atom is 0.255 e. The summed E-state index contributed by atoms with van der Waals surface area (Å²) < 4.78 is 15.3. The quantitative estimate of drug-likeness (QED) is 0.798. The summed E-state index contributed by atoms with van der Waals surface area (Å²) in [4.78, 5) is 15.9. The molecule has 3 rings (SSSR count). The molecule has 2 aromatic heterocycles. The van der Waals surface area contributed by atoms with E-state index in [1.807, 2.05) is 0 Å². The van der Waals surface area contributed by atoms with Crippen molar-refractivity contribution in [3.63, 3.8) is 0 Å². The van der Waals surface area contributed by atoms with Crippen LogP contribution in [-0.2, 0) is 6.54 Å². The zero-order chi connectivity index (χ0) is 16.2. The van der Waals surface area contributed by atoms with Crippen LogP contribution in [0.5, 0.6) is 0 Å². The molecule has 0 saturated heterocycles. The fourth-order valence-electron chi connectivity index (χ4n) is 2.07. The highest BCUT2D eigenvalue weighted by Crippen LogP contribution is 2.20. The molecule has 0 bridgehead atoms. The molecule has 0 atom stereocenters. The van der Waals surface area contributed by atoms with E-state index in [0.717, 1.165) is 0 Å². The van der Waals surface area contributed by atoms with Crippen LogP contribution in [0.3, 0.4) is 0 Å². The molecule has 5 nitrogen and oxygen atoms in total. The van der Waals surface area contributed by atoms with Crippen molar-refractivity contribution >= 4 is 23.2 Å². The van der Waals surface area contributed by atoms with Crippen molar-refractivity contribution in [3.05, 3.63) is 77.1 Å². The van der Waals surface area contributed by atoms with Crippen LogP contribution in [0.25, 0.3) is 0 Å². The number of pyridine rings is 1. The number of carbonyl (C=O) groups is 1. The van der Waals surface area contributed by atoms with Crippen LogP contribution in [0, 0.1) is 5.82 Å². The molecule has 1 N–H and O–H groups in total. The molecule has 0 unspecified atom stereocenters. The highest BCUT2D eigenvalue weighted by Gasteiger charge is 2.10. The van der Waals surface area contributed by atoms with Crippen molar-refractivity contribution in [3.8, 4) is 0 Å². The van der Waals surface area contributed by atoms with Gasteiger partial charge >= 0.3 is 0 Å². The molecule has 3 aromatic rings. The first-order valence-electron chi connectivity index (χ1n) is 6.80. The van der Waals surface area contributed by atoms with Crippen LogP contribution in [0.2, 0.25) is 5.02 Å². The van der Waals surface area contributed by atoms with Gasteiger partial charge in [0.2, 0.25) is 0 Å². The lowest BCUT2D eigenvalue weighted by molar-refractivity contribution is 0.102. The van der Waals surface area contributed by atoms with Crippen molar-refractivity contribution < 1.29 is 9.18 Å². The second-order valence-electron chi connectivity index (χ2n) is 4.82. The number of benzene rings is 1.